The zero-order valence-electron chi connectivity index (χ0n) is 27.3. The zero-order chi connectivity index (χ0) is 34.6. The van der Waals surface area contributed by atoms with Crippen LogP contribution in [0.15, 0.2) is 67.3 Å². The third-order valence-electron chi connectivity index (χ3n) is 9.48. The highest BCUT2D eigenvalue weighted by molar-refractivity contribution is 6.75. The van der Waals surface area contributed by atoms with Gasteiger partial charge in [-0.25, -0.2) is 13.2 Å². The number of hydrogen-bond donors (Lipinski definition) is 4. The molecule has 1 aliphatic heterocycles. The molecule has 0 amide bonds. The van der Waals surface area contributed by atoms with Crippen molar-refractivity contribution in [2.75, 3.05) is 0 Å². The van der Waals surface area contributed by atoms with Crippen molar-refractivity contribution in [3.8, 4) is 0 Å². The molecule has 13 heteroatoms. The maximum Gasteiger partial charge on any atom is 0.493 e. The van der Waals surface area contributed by atoms with Crippen molar-refractivity contribution in [2.24, 2.45) is 5.41 Å². The van der Waals surface area contributed by atoms with Crippen LogP contribution in [0.1, 0.15) is 70.1 Å². The average molecular weight is 652 g/mol. The number of aliphatic hydroxyl groups excluding tert-OH is 2. The monoisotopic (exact) mass is 652 g/mol. The minimum absolute atomic E-state index is 0.133. The molecule has 1 heterocycles. The van der Waals surface area contributed by atoms with Gasteiger partial charge in [0.25, 0.3) is 0 Å². The lowest BCUT2D eigenvalue weighted by Gasteiger charge is -2.49. The normalized spacial score (nSPS) is 17.9. The Morgan fingerprint density at radius 1 is 0.936 bits per heavy atom. The minimum Gasteiger partial charge on any atom is -0.445 e. The highest BCUT2D eigenvalue weighted by atomic mass is 19.1. The number of fused-ring (bicyclic) bond motifs is 1. The van der Waals surface area contributed by atoms with Gasteiger partial charge >= 0.3 is 20.9 Å². The second-order valence-electron chi connectivity index (χ2n) is 12.8. The molecule has 0 saturated heterocycles. The third-order valence-corrected chi connectivity index (χ3v) is 9.48. The molecular weight excluding hydrogens is 610 g/mol. The fraction of sp³-hybridized carbons (Fsp3) is 0.412. The average Bonchev–Trinajstić information content (AvgIpc) is 3.19. The van der Waals surface area contributed by atoms with Crippen LogP contribution < -0.4 is 16.4 Å². The van der Waals surface area contributed by atoms with E-state index >= 15 is 0 Å². The summed E-state index contributed by atoms with van der Waals surface area (Å²) in [6.07, 6.45) is 3.81. The number of halogens is 3. The number of benzene rings is 3. The molecule has 0 fully saturated rings. The van der Waals surface area contributed by atoms with E-state index in [-0.39, 0.29) is 40.5 Å². The van der Waals surface area contributed by atoms with E-state index in [2.05, 4.69) is 6.58 Å². The van der Waals surface area contributed by atoms with Crippen LogP contribution in [0.2, 0.25) is 0 Å². The maximum atomic E-state index is 14.6. The summed E-state index contributed by atoms with van der Waals surface area (Å²) < 4.78 is 63.1. The Morgan fingerprint density at radius 2 is 1.51 bits per heavy atom. The first kappa shape index (κ1) is 36.9. The van der Waals surface area contributed by atoms with E-state index in [1.807, 2.05) is 6.92 Å². The molecule has 0 radical (unpaired) electrons. The van der Waals surface area contributed by atoms with Crippen LogP contribution in [0.4, 0.5) is 13.2 Å². The van der Waals surface area contributed by atoms with Crippen LogP contribution in [-0.2, 0) is 33.9 Å². The fourth-order valence-corrected chi connectivity index (χ4v) is 6.10. The first-order valence-electron chi connectivity index (χ1n) is 15.8. The van der Waals surface area contributed by atoms with Gasteiger partial charge in [-0.15, -0.1) is 6.58 Å². The van der Waals surface area contributed by atoms with E-state index in [0.29, 0.717) is 12.0 Å². The van der Waals surface area contributed by atoms with E-state index in [1.165, 1.54) is 36.4 Å². The summed E-state index contributed by atoms with van der Waals surface area (Å²) in [6.45, 7) is 6.92. The number of rotatable bonds is 14. The van der Waals surface area contributed by atoms with Crippen LogP contribution in [0.5, 0.6) is 0 Å². The minimum atomic E-state index is -1.83. The standard InChI is InChI=1S/C34H42B3F3O7/c1-6-8-9-16-34(45-22-25-19-28(40)12-15-31(25)37(44)47-34)36(30-14-11-27(39)18-24(30)21-42)46-33(5,32(3,4)7-2)35(43)29-13-10-26(38)17-23(29)20-41/h7,10-15,17-19,41-44H,2,6,8-9,16,20-22H2,1,3-5H3. The SMILES string of the molecule is C=CC(C)(C)C(C)(OB(c1ccc(F)cc1CO)C1(CCCCC)OCc2cc(F)ccc2B(O)O1)B(O)c1ccc(F)cc1CO. The number of ether oxygens (including phenoxy) is 1. The van der Waals surface area contributed by atoms with Gasteiger partial charge < -0.3 is 34.3 Å². The van der Waals surface area contributed by atoms with Crippen molar-refractivity contribution >= 4 is 37.3 Å². The van der Waals surface area contributed by atoms with Gasteiger partial charge in [0.1, 0.15) is 17.5 Å². The third kappa shape index (κ3) is 7.57. The van der Waals surface area contributed by atoms with Gasteiger partial charge in [0, 0.05) is 5.41 Å². The second kappa shape index (κ2) is 15.1. The predicted octanol–water partition coefficient (Wildman–Crippen LogP) is 3.46. The molecular formula is C34H42B3F3O7. The molecule has 47 heavy (non-hydrogen) atoms. The Hall–Kier alpha value is -2.90. The lowest BCUT2D eigenvalue weighted by atomic mass is 9.39. The van der Waals surface area contributed by atoms with Crippen molar-refractivity contribution in [1.82, 2.24) is 0 Å². The van der Waals surface area contributed by atoms with Crippen molar-refractivity contribution in [3.63, 3.8) is 0 Å². The quantitative estimate of drug-likeness (QED) is 0.120. The Kier molecular flexibility index (Phi) is 11.9. The van der Waals surface area contributed by atoms with Crippen LogP contribution in [0, 0.1) is 22.9 Å². The number of aliphatic hydroxyl groups is 2. The fourth-order valence-electron chi connectivity index (χ4n) is 6.10. The van der Waals surface area contributed by atoms with Gasteiger partial charge in [0.05, 0.1) is 25.3 Å². The zero-order valence-corrected chi connectivity index (χ0v) is 27.3. The first-order valence-corrected chi connectivity index (χ1v) is 15.8. The Labute approximate surface area is 275 Å². The molecule has 2 atom stereocenters. The lowest BCUT2D eigenvalue weighted by Crippen LogP contribution is -2.70. The van der Waals surface area contributed by atoms with E-state index in [1.54, 1.807) is 26.8 Å². The Morgan fingerprint density at radius 3 is 2.11 bits per heavy atom. The van der Waals surface area contributed by atoms with Gasteiger partial charge in [-0.05, 0) is 89.2 Å². The number of unbranched alkanes of at least 4 members (excludes halogenated alkanes) is 2. The number of hydrogen-bond acceptors (Lipinski definition) is 7. The summed E-state index contributed by atoms with van der Waals surface area (Å²) in [5.74, 6) is -1.75. The molecule has 4 N–H and O–H groups in total. The van der Waals surface area contributed by atoms with Gasteiger partial charge in [-0.1, -0.05) is 57.9 Å². The van der Waals surface area contributed by atoms with E-state index in [4.69, 9.17) is 14.0 Å². The van der Waals surface area contributed by atoms with Crippen LogP contribution >= 0.6 is 0 Å². The van der Waals surface area contributed by atoms with Gasteiger partial charge in [0.15, 0.2) is 5.69 Å². The summed E-state index contributed by atoms with van der Waals surface area (Å²) in [4.78, 5) is 0. The van der Waals surface area contributed by atoms with Crippen molar-refractivity contribution in [1.29, 1.82) is 0 Å². The summed E-state index contributed by atoms with van der Waals surface area (Å²) in [5, 5.41) is 44.2. The topological polar surface area (TPSA) is 109 Å². The van der Waals surface area contributed by atoms with Gasteiger partial charge in [0.2, 0.25) is 0 Å². The van der Waals surface area contributed by atoms with E-state index in [9.17, 15) is 33.4 Å². The molecule has 0 spiro atoms. The molecule has 2 unspecified atom stereocenters. The molecule has 0 aliphatic carbocycles. The van der Waals surface area contributed by atoms with Crippen LogP contribution in [0.3, 0.4) is 0 Å². The van der Waals surface area contributed by atoms with Crippen LogP contribution in [-0.4, -0.2) is 52.4 Å². The first-order chi connectivity index (χ1) is 22.3. The Bertz CT molecular complexity index is 1560. The molecule has 4 rings (SSSR count). The van der Waals surface area contributed by atoms with E-state index in [0.717, 1.165) is 31.0 Å². The van der Waals surface area contributed by atoms with E-state index < -0.39 is 68.2 Å². The molecule has 0 bridgehead atoms. The summed E-state index contributed by atoms with van der Waals surface area (Å²) >= 11 is 0. The summed E-state index contributed by atoms with van der Waals surface area (Å²) in [6, 6.07) is 11.3. The van der Waals surface area contributed by atoms with Crippen molar-refractivity contribution in [2.45, 2.75) is 84.4 Å². The summed E-state index contributed by atoms with van der Waals surface area (Å²) in [5.41, 5.74) is -3.19. The predicted molar refractivity (Wildman–Crippen MR) is 178 cm³/mol. The second-order valence-corrected chi connectivity index (χ2v) is 12.8. The molecule has 1 aliphatic rings. The maximum absolute atomic E-state index is 14.6. The van der Waals surface area contributed by atoms with Gasteiger partial charge in [-0.2, -0.15) is 0 Å². The molecule has 3 aromatic carbocycles. The molecule has 250 valence electrons. The molecule has 0 saturated carbocycles. The van der Waals surface area contributed by atoms with Crippen LogP contribution in [0.25, 0.3) is 0 Å². The molecule has 7 nitrogen and oxygen atoms in total. The van der Waals surface area contributed by atoms with Crippen molar-refractivity contribution in [3.05, 3.63) is 101 Å². The highest BCUT2D eigenvalue weighted by Gasteiger charge is 2.59. The largest absolute Gasteiger partial charge is 0.493 e. The Balaban J connectivity index is 1.99. The van der Waals surface area contributed by atoms with Gasteiger partial charge in [-0.3, -0.25) is 0 Å². The highest BCUT2D eigenvalue weighted by Crippen LogP contribution is 2.41. The summed E-state index contributed by atoms with van der Waals surface area (Å²) in [7, 11) is -1.60. The smallest absolute Gasteiger partial charge is 0.445 e. The molecule has 0 aromatic heterocycles. The van der Waals surface area contributed by atoms with Crippen molar-refractivity contribution < 1.29 is 47.5 Å². The molecule has 3 aromatic rings. The lowest BCUT2D eigenvalue weighted by molar-refractivity contribution is -0.156.